The highest BCUT2D eigenvalue weighted by Gasteiger charge is 2.30. The number of fused-ring (bicyclic) bond motifs is 1. The number of aromatic amines is 1. The number of unbranched alkanes of at least 4 members (excludes halogenated alkanes) is 1. The summed E-state index contributed by atoms with van der Waals surface area (Å²) in [4.78, 5) is 83.2. The van der Waals surface area contributed by atoms with Crippen LogP contribution in [0.2, 0.25) is 0 Å². The van der Waals surface area contributed by atoms with Crippen molar-refractivity contribution in [1.29, 1.82) is 0 Å². The number of anilines is 1. The summed E-state index contributed by atoms with van der Waals surface area (Å²) in [5, 5.41) is 14.8. The Hall–Kier alpha value is -6.38. The molecular formula is C44H58N8O7. The largest absolute Gasteiger partial charge is 0.444 e. The zero-order valence-electron chi connectivity index (χ0n) is 34.6. The Bertz CT molecular complexity index is 2050. The fraction of sp³-hybridized carbons (Fsp3) is 0.409. The average molecular weight is 811 g/mol. The van der Waals surface area contributed by atoms with E-state index in [9.17, 15) is 28.8 Å². The van der Waals surface area contributed by atoms with Gasteiger partial charge >= 0.3 is 12.1 Å². The molecule has 0 aliphatic carbocycles. The maximum atomic E-state index is 14.1. The van der Waals surface area contributed by atoms with E-state index in [1.807, 2.05) is 85.8 Å². The average Bonchev–Trinajstić information content (AvgIpc) is 3.59. The summed E-state index contributed by atoms with van der Waals surface area (Å²) in [7, 11) is 1.58. The number of carbonyl (C=O) groups is 6. The lowest BCUT2D eigenvalue weighted by molar-refractivity contribution is -0.136. The molecule has 3 aromatic carbocycles. The number of aromatic nitrogens is 1. The molecule has 2 unspecified atom stereocenters. The summed E-state index contributed by atoms with van der Waals surface area (Å²) in [5.41, 5.74) is 8.87. The lowest BCUT2D eigenvalue weighted by Gasteiger charge is -2.27. The molecule has 0 saturated carbocycles. The number of primary amides is 1. The molecule has 316 valence electrons. The predicted molar refractivity (Wildman–Crippen MR) is 227 cm³/mol. The number of aryl methyl sites for hydroxylation is 1. The molecule has 0 aliphatic heterocycles. The molecule has 59 heavy (non-hydrogen) atoms. The number of alkyl carbamates (subject to hydrolysis) is 1. The van der Waals surface area contributed by atoms with Crippen molar-refractivity contribution in [2.75, 3.05) is 25.5 Å². The van der Waals surface area contributed by atoms with Gasteiger partial charge in [0.2, 0.25) is 23.6 Å². The zero-order valence-corrected chi connectivity index (χ0v) is 34.6. The highest BCUT2D eigenvalue weighted by Crippen LogP contribution is 2.20. The number of carbonyl (C=O) groups excluding carboxylic acids is 6. The Labute approximate surface area is 345 Å². The molecule has 0 fully saturated rings. The Morgan fingerprint density at radius 3 is 2.20 bits per heavy atom. The minimum Gasteiger partial charge on any atom is -0.444 e. The maximum Gasteiger partial charge on any atom is 0.408 e. The third-order valence-corrected chi connectivity index (χ3v) is 9.55. The highest BCUT2D eigenvalue weighted by atomic mass is 16.6. The van der Waals surface area contributed by atoms with Gasteiger partial charge in [0.1, 0.15) is 23.7 Å². The van der Waals surface area contributed by atoms with Gasteiger partial charge in [0.05, 0.1) is 0 Å². The zero-order chi connectivity index (χ0) is 43.0. The number of ether oxygens (including phenoxy) is 1. The van der Waals surface area contributed by atoms with Crippen LogP contribution in [0.1, 0.15) is 69.6 Å². The van der Waals surface area contributed by atoms with E-state index in [1.165, 1.54) is 4.90 Å². The maximum absolute atomic E-state index is 14.1. The summed E-state index contributed by atoms with van der Waals surface area (Å²) in [6.07, 6.45) is 2.84. The monoisotopic (exact) mass is 810 g/mol. The normalized spacial score (nSPS) is 12.7. The third kappa shape index (κ3) is 15.1. The third-order valence-electron chi connectivity index (χ3n) is 9.55. The Balaban J connectivity index is 1.42. The minimum absolute atomic E-state index is 0.0238. The van der Waals surface area contributed by atoms with Gasteiger partial charge in [-0.3, -0.25) is 19.2 Å². The first-order chi connectivity index (χ1) is 28.1. The molecule has 4 rings (SSSR count). The van der Waals surface area contributed by atoms with Gasteiger partial charge in [0.15, 0.2) is 0 Å². The van der Waals surface area contributed by atoms with E-state index in [0.717, 1.165) is 27.6 Å². The van der Waals surface area contributed by atoms with Crippen LogP contribution in [-0.2, 0) is 36.8 Å². The smallest absolute Gasteiger partial charge is 0.408 e. The summed E-state index contributed by atoms with van der Waals surface area (Å²) in [5.74, 6) is -2.02. The molecule has 1 heterocycles. The van der Waals surface area contributed by atoms with Crippen molar-refractivity contribution in [2.24, 2.45) is 5.73 Å². The van der Waals surface area contributed by atoms with Crippen LogP contribution >= 0.6 is 0 Å². The first-order valence-electron chi connectivity index (χ1n) is 19.9. The quantitative estimate of drug-likeness (QED) is 0.0616. The van der Waals surface area contributed by atoms with Gasteiger partial charge < -0.3 is 46.9 Å². The molecule has 15 nitrogen and oxygen atoms in total. The summed E-state index contributed by atoms with van der Waals surface area (Å²) in [6, 6.07) is 20.9. The number of urea groups is 1. The lowest BCUT2D eigenvalue weighted by Crippen LogP contribution is -2.55. The van der Waals surface area contributed by atoms with Gasteiger partial charge in [-0.1, -0.05) is 66.7 Å². The van der Waals surface area contributed by atoms with Crippen molar-refractivity contribution in [3.05, 3.63) is 102 Å². The molecular weight excluding hydrogens is 753 g/mol. The van der Waals surface area contributed by atoms with Crippen molar-refractivity contribution in [3.8, 4) is 0 Å². The predicted octanol–water partition coefficient (Wildman–Crippen LogP) is 4.84. The van der Waals surface area contributed by atoms with Crippen LogP contribution in [0.5, 0.6) is 0 Å². The number of H-pyrrole nitrogens is 1. The molecule has 8 N–H and O–H groups in total. The van der Waals surface area contributed by atoms with Gasteiger partial charge in [-0.15, -0.1) is 0 Å². The number of benzene rings is 3. The molecule has 0 radical (unpaired) electrons. The Morgan fingerprint density at radius 1 is 0.797 bits per heavy atom. The number of nitrogens with one attached hydrogen (secondary N) is 6. The second kappa shape index (κ2) is 22.0. The number of nitrogens with two attached hydrogens (primary N) is 1. The SMILES string of the molecule is Cc1ccccc1NC(=O)NCCCC[C@H](NC(=O)C(Cc1c[nH]c2ccccc12)NC(=O)OC(C)(C)C)C(=O)N(C)CCCC(=O)NC(Cc1ccccc1)C(N)=O. The van der Waals surface area contributed by atoms with Crippen LogP contribution in [0.4, 0.5) is 15.3 Å². The van der Waals surface area contributed by atoms with Crippen LogP contribution in [-0.4, -0.2) is 89.5 Å². The van der Waals surface area contributed by atoms with E-state index in [2.05, 4.69) is 31.6 Å². The van der Waals surface area contributed by atoms with E-state index >= 15 is 0 Å². The number of amides is 7. The van der Waals surface area contributed by atoms with Crippen molar-refractivity contribution in [3.63, 3.8) is 0 Å². The summed E-state index contributed by atoms with van der Waals surface area (Å²) < 4.78 is 5.49. The van der Waals surface area contributed by atoms with E-state index in [-0.39, 0.29) is 50.6 Å². The van der Waals surface area contributed by atoms with E-state index < -0.39 is 47.5 Å². The fourth-order valence-electron chi connectivity index (χ4n) is 6.46. The van der Waals surface area contributed by atoms with Crippen LogP contribution < -0.4 is 32.3 Å². The lowest BCUT2D eigenvalue weighted by atomic mass is 10.0. The van der Waals surface area contributed by atoms with Crippen LogP contribution in [0.3, 0.4) is 0 Å². The number of hydrogen-bond donors (Lipinski definition) is 7. The Morgan fingerprint density at radius 2 is 1.49 bits per heavy atom. The molecule has 0 spiro atoms. The standard InChI is InChI=1S/C44H58N8O7/c1-29-16-9-11-20-33(29)50-42(57)46-24-14-13-22-35(41(56)52(5)25-15-23-38(53)48-36(39(45)54)26-30-17-7-6-8-18-30)49-40(55)37(51-43(58)59-44(2,3)4)27-31-28-47-34-21-12-10-19-32(31)34/h6-12,16-21,28,35-37,47H,13-15,22-27H2,1-5H3,(H2,45,54)(H,48,53)(H,49,55)(H,51,58)(H2,46,50,57)/t35-,36?,37?/m0/s1. The first-order valence-corrected chi connectivity index (χ1v) is 19.9. The second-order valence-electron chi connectivity index (χ2n) is 15.6. The van der Waals surface area contributed by atoms with Crippen molar-refractivity contribution < 1.29 is 33.5 Å². The Kier molecular flexibility index (Phi) is 16.9. The molecule has 7 amide bonds. The number of nitrogens with zero attached hydrogens (tertiary/aromatic N) is 1. The molecule has 15 heteroatoms. The molecule has 0 saturated heterocycles. The number of likely N-dealkylation sites (N-methyl/N-ethyl adjacent to an activating group) is 1. The molecule has 4 aromatic rings. The molecule has 0 aliphatic rings. The van der Waals surface area contributed by atoms with Crippen LogP contribution in [0.25, 0.3) is 10.9 Å². The summed E-state index contributed by atoms with van der Waals surface area (Å²) >= 11 is 0. The first kappa shape index (κ1) is 45.3. The van der Waals surface area contributed by atoms with Gasteiger partial charge in [-0.2, -0.15) is 0 Å². The summed E-state index contributed by atoms with van der Waals surface area (Å²) in [6.45, 7) is 7.55. The number of hydrogen-bond acceptors (Lipinski definition) is 7. The van der Waals surface area contributed by atoms with Crippen LogP contribution in [0, 0.1) is 6.92 Å². The van der Waals surface area contributed by atoms with Gasteiger partial charge in [-0.25, -0.2) is 9.59 Å². The van der Waals surface area contributed by atoms with Crippen molar-refractivity contribution in [1.82, 2.24) is 31.2 Å². The van der Waals surface area contributed by atoms with Gasteiger partial charge in [-0.05, 0) is 82.2 Å². The molecule has 1 aromatic heterocycles. The highest BCUT2D eigenvalue weighted by molar-refractivity contribution is 5.93. The van der Waals surface area contributed by atoms with Crippen molar-refractivity contribution in [2.45, 2.75) is 96.4 Å². The van der Waals surface area contributed by atoms with E-state index in [4.69, 9.17) is 10.5 Å². The van der Waals surface area contributed by atoms with E-state index in [1.54, 1.807) is 34.0 Å². The topological polar surface area (TPSA) is 217 Å². The van der Waals surface area contributed by atoms with Gasteiger partial charge in [0.25, 0.3) is 0 Å². The van der Waals surface area contributed by atoms with Gasteiger partial charge in [0, 0.05) is 62.2 Å². The second-order valence-corrected chi connectivity index (χ2v) is 15.6. The number of rotatable bonds is 20. The number of para-hydroxylation sites is 2. The van der Waals surface area contributed by atoms with E-state index in [0.29, 0.717) is 25.1 Å². The van der Waals surface area contributed by atoms with Crippen molar-refractivity contribution >= 4 is 52.3 Å². The van der Waals surface area contributed by atoms with Crippen LogP contribution in [0.15, 0.2) is 85.1 Å². The fourth-order valence-corrected chi connectivity index (χ4v) is 6.46. The minimum atomic E-state index is -1.10. The molecule has 0 bridgehead atoms. The molecule has 3 atom stereocenters.